The Balaban J connectivity index is 1.96. The van der Waals surface area contributed by atoms with Gasteiger partial charge in [-0.25, -0.2) is 0 Å². The molecule has 2 aromatic rings. The average Bonchev–Trinajstić information content (AvgIpc) is 2.82. The van der Waals surface area contributed by atoms with E-state index in [1.165, 1.54) is 5.56 Å². The Kier molecular flexibility index (Phi) is 1.81. The first-order valence-corrected chi connectivity index (χ1v) is 4.89. The van der Waals surface area contributed by atoms with Gasteiger partial charge in [-0.2, -0.15) is 5.10 Å². The van der Waals surface area contributed by atoms with Crippen LogP contribution in [0, 0.1) is 0 Å². The van der Waals surface area contributed by atoms with Gasteiger partial charge in [0, 0.05) is 6.20 Å². The summed E-state index contributed by atoms with van der Waals surface area (Å²) in [6, 6.07) is 9.97. The number of aromatic nitrogens is 2. The Morgan fingerprint density at radius 3 is 3.00 bits per heavy atom. The molecule has 74 valence electrons. The number of ether oxygens (including phenoxy) is 1. The van der Waals surface area contributed by atoms with Crippen LogP contribution < -0.4 is 4.74 Å². The van der Waals surface area contributed by atoms with Crippen molar-refractivity contribution in [1.82, 2.24) is 10.2 Å². The van der Waals surface area contributed by atoms with Crippen LogP contribution in [0.1, 0.15) is 11.3 Å². The van der Waals surface area contributed by atoms with Gasteiger partial charge in [-0.15, -0.1) is 0 Å². The van der Waals surface area contributed by atoms with Gasteiger partial charge in [-0.05, 0) is 30.2 Å². The van der Waals surface area contributed by atoms with Gasteiger partial charge in [0.25, 0.3) is 0 Å². The first-order chi connectivity index (χ1) is 7.43. The van der Waals surface area contributed by atoms with Crippen LogP contribution in [0.4, 0.5) is 0 Å². The smallest absolute Gasteiger partial charge is 0.148 e. The number of hydrogen-bond donors (Lipinski definition) is 1. The standard InChI is InChI=1S/C12H10N2O/c1-2-4-11-9(3-1)5-6-12(15-11)10-7-8-13-14-10/h1-4,6-8H,5H2,(H,13,14). The highest BCUT2D eigenvalue weighted by Crippen LogP contribution is 2.29. The SMILES string of the molecule is C1=C(c2ccn[nH]2)Oc2ccccc2C1. The average molecular weight is 198 g/mol. The highest BCUT2D eigenvalue weighted by molar-refractivity contribution is 5.62. The van der Waals surface area contributed by atoms with Gasteiger partial charge in [0.1, 0.15) is 17.2 Å². The molecule has 3 nitrogen and oxygen atoms in total. The largest absolute Gasteiger partial charge is 0.455 e. The summed E-state index contributed by atoms with van der Waals surface area (Å²) >= 11 is 0. The number of rotatable bonds is 1. The zero-order valence-corrected chi connectivity index (χ0v) is 8.10. The fourth-order valence-electron chi connectivity index (χ4n) is 1.69. The van der Waals surface area contributed by atoms with Crippen LogP contribution >= 0.6 is 0 Å². The molecular weight excluding hydrogens is 188 g/mol. The maximum absolute atomic E-state index is 5.77. The minimum atomic E-state index is 0.853. The van der Waals surface area contributed by atoms with Crippen LogP contribution in [0.15, 0.2) is 42.6 Å². The molecule has 1 aliphatic rings. The second kappa shape index (κ2) is 3.28. The van der Waals surface area contributed by atoms with Crippen LogP contribution in [-0.2, 0) is 6.42 Å². The van der Waals surface area contributed by atoms with Crippen LogP contribution in [0.5, 0.6) is 5.75 Å². The van der Waals surface area contributed by atoms with E-state index in [2.05, 4.69) is 22.3 Å². The van der Waals surface area contributed by atoms with Crippen molar-refractivity contribution >= 4 is 5.76 Å². The maximum atomic E-state index is 5.77. The molecule has 0 atom stereocenters. The van der Waals surface area contributed by atoms with Crippen LogP contribution in [-0.4, -0.2) is 10.2 Å². The molecule has 0 saturated heterocycles. The minimum Gasteiger partial charge on any atom is -0.455 e. The summed E-state index contributed by atoms with van der Waals surface area (Å²) in [7, 11) is 0. The molecule has 1 aliphatic heterocycles. The zero-order chi connectivity index (χ0) is 10.1. The lowest BCUT2D eigenvalue weighted by molar-refractivity contribution is 0.495. The highest BCUT2D eigenvalue weighted by atomic mass is 16.5. The third kappa shape index (κ3) is 1.42. The molecule has 0 bridgehead atoms. The van der Waals surface area contributed by atoms with Gasteiger partial charge >= 0.3 is 0 Å². The Bertz CT molecular complexity index is 500. The second-order valence-electron chi connectivity index (χ2n) is 3.45. The second-order valence-corrected chi connectivity index (χ2v) is 3.45. The molecule has 3 rings (SSSR count). The van der Waals surface area contributed by atoms with Crippen molar-refractivity contribution in [3.63, 3.8) is 0 Å². The lowest BCUT2D eigenvalue weighted by atomic mass is 10.1. The molecule has 0 saturated carbocycles. The molecule has 1 N–H and O–H groups in total. The van der Waals surface area contributed by atoms with Gasteiger partial charge in [0.15, 0.2) is 0 Å². The van der Waals surface area contributed by atoms with E-state index in [4.69, 9.17) is 4.74 Å². The Morgan fingerprint density at radius 2 is 2.13 bits per heavy atom. The summed E-state index contributed by atoms with van der Waals surface area (Å²) in [6.45, 7) is 0. The van der Waals surface area contributed by atoms with E-state index in [1.807, 2.05) is 24.3 Å². The number of aromatic amines is 1. The maximum Gasteiger partial charge on any atom is 0.148 e. The van der Waals surface area contributed by atoms with E-state index in [-0.39, 0.29) is 0 Å². The number of fused-ring (bicyclic) bond motifs is 1. The van der Waals surface area contributed by atoms with Gasteiger partial charge in [-0.1, -0.05) is 18.2 Å². The van der Waals surface area contributed by atoms with Crippen molar-refractivity contribution in [2.45, 2.75) is 6.42 Å². The first kappa shape index (κ1) is 8.29. The first-order valence-electron chi connectivity index (χ1n) is 4.89. The molecule has 0 spiro atoms. The van der Waals surface area contributed by atoms with E-state index in [0.29, 0.717) is 0 Å². The third-order valence-electron chi connectivity index (χ3n) is 2.47. The van der Waals surface area contributed by atoms with Gasteiger partial charge in [0.2, 0.25) is 0 Å². The van der Waals surface area contributed by atoms with Crippen LogP contribution in [0.3, 0.4) is 0 Å². The molecule has 1 aromatic heterocycles. The Hall–Kier alpha value is -2.03. The predicted octanol–water partition coefficient (Wildman–Crippen LogP) is 2.39. The van der Waals surface area contributed by atoms with Crippen molar-refractivity contribution in [3.05, 3.63) is 53.9 Å². The van der Waals surface area contributed by atoms with Gasteiger partial charge < -0.3 is 4.74 Å². The number of benzene rings is 1. The molecular formula is C12H10N2O. The summed E-state index contributed by atoms with van der Waals surface area (Å²) in [5.74, 6) is 1.79. The van der Waals surface area contributed by atoms with E-state index in [9.17, 15) is 0 Å². The lowest BCUT2D eigenvalue weighted by Gasteiger charge is -2.16. The molecule has 0 aliphatic carbocycles. The number of nitrogens with one attached hydrogen (secondary N) is 1. The Labute approximate surface area is 87.4 Å². The number of H-pyrrole nitrogens is 1. The molecule has 0 amide bonds. The summed E-state index contributed by atoms with van der Waals surface area (Å²) < 4.78 is 5.77. The van der Waals surface area contributed by atoms with Crippen molar-refractivity contribution in [2.75, 3.05) is 0 Å². The topological polar surface area (TPSA) is 37.9 Å². The summed E-state index contributed by atoms with van der Waals surface area (Å²) in [4.78, 5) is 0. The molecule has 0 radical (unpaired) electrons. The highest BCUT2D eigenvalue weighted by Gasteiger charge is 2.13. The Morgan fingerprint density at radius 1 is 1.20 bits per heavy atom. The van der Waals surface area contributed by atoms with Crippen LogP contribution in [0.25, 0.3) is 5.76 Å². The quantitative estimate of drug-likeness (QED) is 0.764. The lowest BCUT2D eigenvalue weighted by Crippen LogP contribution is -2.03. The summed E-state index contributed by atoms with van der Waals surface area (Å²) in [5, 5.41) is 6.80. The van der Waals surface area contributed by atoms with E-state index in [1.54, 1.807) is 6.20 Å². The van der Waals surface area contributed by atoms with E-state index < -0.39 is 0 Å². The normalized spacial score (nSPS) is 14.0. The monoisotopic (exact) mass is 198 g/mol. The van der Waals surface area contributed by atoms with Crippen molar-refractivity contribution in [3.8, 4) is 5.75 Å². The van der Waals surface area contributed by atoms with Gasteiger partial charge in [0.05, 0.1) is 0 Å². The summed E-state index contributed by atoms with van der Waals surface area (Å²) in [5.41, 5.74) is 2.14. The molecule has 15 heavy (non-hydrogen) atoms. The minimum absolute atomic E-state index is 0.853. The number of allylic oxidation sites excluding steroid dienone is 1. The predicted molar refractivity (Wildman–Crippen MR) is 57.3 cm³/mol. The van der Waals surface area contributed by atoms with E-state index in [0.717, 1.165) is 23.6 Å². The molecule has 0 fully saturated rings. The third-order valence-corrected chi connectivity index (χ3v) is 2.47. The van der Waals surface area contributed by atoms with E-state index >= 15 is 0 Å². The van der Waals surface area contributed by atoms with Crippen molar-refractivity contribution in [1.29, 1.82) is 0 Å². The van der Waals surface area contributed by atoms with Gasteiger partial charge in [-0.3, -0.25) is 5.10 Å². The molecule has 1 aromatic carbocycles. The molecule has 3 heteroatoms. The summed E-state index contributed by atoms with van der Waals surface area (Å²) in [6.07, 6.45) is 4.69. The number of hydrogen-bond acceptors (Lipinski definition) is 2. The molecule has 2 heterocycles. The zero-order valence-electron chi connectivity index (χ0n) is 8.10. The number of nitrogens with zero attached hydrogens (tertiary/aromatic N) is 1. The fraction of sp³-hybridized carbons (Fsp3) is 0.0833. The van der Waals surface area contributed by atoms with Crippen LogP contribution in [0.2, 0.25) is 0 Å². The fourth-order valence-corrected chi connectivity index (χ4v) is 1.69. The number of para-hydroxylation sites is 1. The van der Waals surface area contributed by atoms with Crippen molar-refractivity contribution in [2.24, 2.45) is 0 Å². The van der Waals surface area contributed by atoms with Crippen molar-refractivity contribution < 1.29 is 4.74 Å². The molecule has 0 unspecified atom stereocenters.